The molecule has 2 aliphatic heterocycles. The number of amides is 3. The molecule has 2 aliphatic rings. The smallest absolute Gasteiger partial charge is 0.294 e. The fourth-order valence-corrected chi connectivity index (χ4v) is 4.96. The lowest BCUT2D eigenvalue weighted by molar-refractivity contribution is -0.139. The molecular weight excluding hydrogens is 466 g/mol. The molecule has 0 bridgehead atoms. The summed E-state index contributed by atoms with van der Waals surface area (Å²) < 4.78 is 12.7. The number of carbonyl (C=O) groups excluding carboxylic acids is 3. The van der Waals surface area contributed by atoms with E-state index in [1.54, 1.807) is 30.2 Å². The zero-order valence-corrected chi connectivity index (χ0v) is 20.2. The number of hydrogen-bond donors (Lipinski definition) is 0. The van der Waals surface area contributed by atoms with Gasteiger partial charge in [0.05, 0.1) is 30.9 Å². The molecule has 0 atom stereocenters. The third-order valence-electron chi connectivity index (χ3n) is 5.67. The second-order valence-electron chi connectivity index (χ2n) is 7.74. The number of aryl methyl sites for hydroxylation is 1. The molecule has 0 aliphatic carbocycles. The Labute approximate surface area is 201 Å². The van der Waals surface area contributed by atoms with E-state index in [4.69, 9.17) is 21.1 Å². The van der Waals surface area contributed by atoms with Crippen molar-refractivity contribution in [3.63, 3.8) is 0 Å². The predicted octanol–water partition coefficient (Wildman–Crippen LogP) is 3.65. The normalized spacial score (nSPS) is 17.9. The van der Waals surface area contributed by atoms with Crippen molar-refractivity contribution < 1.29 is 23.9 Å². The summed E-state index contributed by atoms with van der Waals surface area (Å²) in [5, 5.41) is 0.129. The van der Waals surface area contributed by atoms with Gasteiger partial charge >= 0.3 is 0 Å². The fourth-order valence-electron chi connectivity index (χ4n) is 3.97. The van der Waals surface area contributed by atoms with Crippen LogP contribution in [0.3, 0.4) is 0 Å². The van der Waals surface area contributed by atoms with Gasteiger partial charge in [-0.15, -0.1) is 0 Å². The Morgan fingerprint density at radius 2 is 1.94 bits per heavy atom. The maximum absolute atomic E-state index is 12.9. The molecule has 4 rings (SSSR count). The van der Waals surface area contributed by atoms with E-state index in [-0.39, 0.29) is 17.4 Å². The monoisotopic (exact) mass is 489 g/mol. The molecule has 0 saturated carbocycles. The number of rotatable bonds is 5. The Balaban J connectivity index is 1.59. The van der Waals surface area contributed by atoms with Crippen LogP contribution >= 0.6 is 23.4 Å². The van der Waals surface area contributed by atoms with E-state index in [2.05, 4.69) is 0 Å². The average molecular weight is 490 g/mol. The van der Waals surface area contributed by atoms with Crippen molar-refractivity contribution in [2.24, 2.45) is 0 Å². The lowest BCUT2D eigenvalue weighted by Crippen LogP contribution is -2.46. The highest BCUT2D eigenvalue weighted by Gasteiger charge is 2.37. The zero-order chi connectivity index (χ0) is 23.7. The lowest BCUT2D eigenvalue weighted by atomic mass is 10.2. The molecule has 33 heavy (non-hydrogen) atoms. The molecule has 10 heteroatoms. The number of methoxy groups -OCH3 is 1. The SMILES string of the molecule is COc1ccc(Cl)cc1-n1c(C)cc(/C=C2/SC(=O)N(CC(=O)N3CCOCC3)C2=O)c1C. The Hall–Kier alpha value is -2.75. The van der Waals surface area contributed by atoms with E-state index in [9.17, 15) is 14.4 Å². The largest absolute Gasteiger partial charge is 0.495 e. The summed E-state index contributed by atoms with van der Waals surface area (Å²) in [4.78, 5) is 40.9. The molecule has 2 saturated heterocycles. The Morgan fingerprint density at radius 3 is 2.64 bits per heavy atom. The minimum absolute atomic E-state index is 0.256. The molecule has 2 aromatic rings. The number of aromatic nitrogens is 1. The summed E-state index contributed by atoms with van der Waals surface area (Å²) in [6.45, 7) is 5.44. The van der Waals surface area contributed by atoms with Gasteiger partial charge in [0.15, 0.2) is 0 Å². The summed E-state index contributed by atoms with van der Waals surface area (Å²) in [6, 6.07) is 7.30. The Bertz CT molecular complexity index is 1150. The van der Waals surface area contributed by atoms with Crippen LogP contribution < -0.4 is 4.74 Å². The third kappa shape index (κ3) is 4.66. The second-order valence-corrected chi connectivity index (χ2v) is 9.17. The summed E-state index contributed by atoms with van der Waals surface area (Å²) >= 11 is 7.05. The van der Waals surface area contributed by atoms with Crippen LogP contribution in [0, 0.1) is 13.8 Å². The van der Waals surface area contributed by atoms with E-state index >= 15 is 0 Å². The number of morpholine rings is 1. The van der Waals surface area contributed by atoms with Crippen LogP contribution in [0.2, 0.25) is 5.02 Å². The first-order valence-corrected chi connectivity index (χ1v) is 11.6. The first-order chi connectivity index (χ1) is 15.8. The van der Waals surface area contributed by atoms with Crippen LogP contribution in [0.4, 0.5) is 4.79 Å². The van der Waals surface area contributed by atoms with Crippen molar-refractivity contribution in [3.8, 4) is 11.4 Å². The molecule has 1 aromatic heterocycles. The maximum Gasteiger partial charge on any atom is 0.294 e. The molecule has 8 nitrogen and oxygen atoms in total. The molecule has 3 heterocycles. The van der Waals surface area contributed by atoms with Gasteiger partial charge < -0.3 is 18.9 Å². The van der Waals surface area contributed by atoms with Gasteiger partial charge in [-0.05, 0) is 61.5 Å². The number of halogens is 1. The van der Waals surface area contributed by atoms with Gasteiger partial charge in [-0.3, -0.25) is 19.3 Å². The molecule has 0 unspecified atom stereocenters. The first kappa shape index (κ1) is 23.4. The van der Waals surface area contributed by atoms with Crippen molar-refractivity contribution in [1.82, 2.24) is 14.4 Å². The summed E-state index contributed by atoms with van der Waals surface area (Å²) in [6.07, 6.45) is 1.69. The molecule has 174 valence electrons. The standard InChI is InChI=1S/C23H24ClN3O5S/c1-14-10-16(15(2)27(14)18-12-17(24)4-5-19(18)31-3)11-20-22(29)26(23(30)33-20)13-21(28)25-6-8-32-9-7-25/h4-5,10-12H,6-9,13H2,1-3H3/b20-11+. The van der Waals surface area contributed by atoms with E-state index in [0.717, 1.165) is 39.3 Å². The lowest BCUT2D eigenvalue weighted by Gasteiger charge is -2.28. The summed E-state index contributed by atoms with van der Waals surface area (Å²) in [7, 11) is 1.59. The van der Waals surface area contributed by atoms with Crippen molar-refractivity contribution in [3.05, 3.63) is 51.1 Å². The maximum atomic E-state index is 12.9. The molecular formula is C23H24ClN3O5S. The van der Waals surface area contributed by atoms with E-state index in [0.29, 0.717) is 37.1 Å². The predicted molar refractivity (Wildman–Crippen MR) is 127 cm³/mol. The van der Waals surface area contributed by atoms with Crippen molar-refractivity contribution in [2.75, 3.05) is 40.0 Å². The molecule has 1 aromatic carbocycles. The van der Waals surface area contributed by atoms with Gasteiger partial charge in [0, 0.05) is 29.5 Å². The number of carbonyl (C=O) groups is 3. The number of hydrogen-bond acceptors (Lipinski definition) is 6. The topological polar surface area (TPSA) is 81.1 Å². The van der Waals surface area contributed by atoms with E-state index in [1.165, 1.54) is 0 Å². The van der Waals surface area contributed by atoms with Crippen LogP contribution in [-0.2, 0) is 14.3 Å². The van der Waals surface area contributed by atoms with Crippen LogP contribution in [0.1, 0.15) is 17.0 Å². The molecule has 2 fully saturated rings. The molecule has 0 radical (unpaired) electrons. The van der Waals surface area contributed by atoms with Gasteiger partial charge in [-0.1, -0.05) is 11.6 Å². The quantitative estimate of drug-likeness (QED) is 0.596. The van der Waals surface area contributed by atoms with E-state index < -0.39 is 11.1 Å². The molecule has 0 spiro atoms. The van der Waals surface area contributed by atoms with Crippen LogP contribution in [-0.4, -0.2) is 71.4 Å². The van der Waals surface area contributed by atoms with E-state index in [1.807, 2.05) is 30.5 Å². The highest BCUT2D eigenvalue weighted by Crippen LogP contribution is 2.35. The minimum Gasteiger partial charge on any atom is -0.495 e. The summed E-state index contributed by atoms with van der Waals surface area (Å²) in [5.74, 6) is -0.0560. The van der Waals surface area contributed by atoms with Gasteiger partial charge in [0.25, 0.3) is 11.1 Å². The number of benzene rings is 1. The van der Waals surface area contributed by atoms with Crippen LogP contribution in [0.25, 0.3) is 11.8 Å². The third-order valence-corrected chi connectivity index (χ3v) is 6.81. The summed E-state index contributed by atoms with van der Waals surface area (Å²) in [5.41, 5.74) is 3.36. The molecule has 0 N–H and O–H groups in total. The minimum atomic E-state index is -0.461. The first-order valence-electron chi connectivity index (χ1n) is 10.4. The second kappa shape index (κ2) is 9.62. The zero-order valence-electron chi connectivity index (χ0n) is 18.6. The highest BCUT2D eigenvalue weighted by atomic mass is 35.5. The van der Waals surface area contributed by atoms with Crippen LogP contribution in [0.5, 0.6) is 5.75 Å². The Morgan fingerprint density at radius 1 is 1.21 bits per heavy atom. The van der Waals surface area contributed by atoms with Crippen molar-refractivity contribution >= 4 is 46.5 Å². The number of nitrogens with zero attached hydrogens (tertiary/aromatic N) is 3. The number of thioether (sulfide) groups is 1. The van der Waals surface area contributed by atoms with Gasteiger partial charge in [0.1, 0.15) is 12.3 Å². The Kier molecular flexibility index (Phi) is 6.83. The highest BCUT2D eigenvalue weighted by molar-refractivity contribution is 8.18. The number of imide groups is 1. The fraction of sp³-hybridized carbons (Fsp3) is 0.348. The van der Waals surface area contributed by atoms with Crippen molar-refractivity contribution in [1.29, 1.82) is 0 Å². The van der Waals surface area contributed by atoms with Gasteiger partial charge in [0.2, 0.25) is 5.91 Å². The number of ether oxygens (including phenoxy) is 2. The average Bonchev–Trinajstić information content (AvgIpc) is 3.23. The molecule has 3 amide bonds. The van der Waals surface area contributed by atoms with Gasteiger partial charge in [-0.25, -0.2) is 0 Å². The van der Waals surface area contributed by atoms with Crippen molar-refractivity contribution in [2.45, 2.75) is 13.8 Å². The van der Waals surface area contributed by atoms with Crippen LogP contribution in [0.15, 0.2) is 29.2 Å². The van der Waals surface area contributed by atoms with Gasteiger partial charge in [-0.2, -0.15) is 0 Å².